The molecule has 0 aromatic rings. The first-order valence-electron chi connectivity index (χ1n) is 6.50. The van der Waals surface area contributed by atoms with Crippen molar-refractivity contribution in [2.24, 2.45) is 16.7 Å². The molecule has 0 fully saturated rings. The lowest BCUT2D eigenvalue weighted by Gasteiger charge is -2.37. The molecule has 17 heavy (non-hydrogen) atoms. The fraction of sp³-hybridized carbons (Fsp3) is 0.750. The number of hydrogen-bond acceptors (Lipinski definition) is 1. The molecule has 0 aliphatic carbocycles. The van der Waals surface area contributed by atoms with Crippen molar-refractivity contribution in [3.8, 4) is 0 Å². The zero-order valence-electron chi connectivity index (χ0n) is 12.9. The largest absolute Gasteiger partial charge is 0.385 e. The molecule has 0 aromatic heterocycles. The summed E-state index contributed by atoms with van der Waals surface area (Å²) in [5, 5.41) is 3.29. The lowest BCUT2D eigenvalue weighted by molar-refractivity contribution is 0.194. The van der Waals surface area contributed by atoms with Crippen LogP contribution >= 0.6 is 0 Å². The van der Waals surface area contributed by atoms with Crippen LogP contribution in [0.25, 0.3) is 0 Å². The van der Waals surface area contributed by atoms with Gasteiger partial charge in [0.05, 0.1) is 0 Å². The van der Waals surface area contributed by atoms with Gasteiger partial charge in [0.25, 0.3) is 0 Å². The quantitative estimate of drug-likeness (QED) is 0.680. The van der Waals surface area contributed by atoms with Gasteiger partial charge in [-0.1, -0.05) is 60.3 Å². The molecule has 0 radical (unpaired) electrons. The van der Waals surface area contributed by atoms with Gasteiger partial charge in [-0.3, -0.25) is 0 Å². The van der Waals surface area contributed by atoms with Crippen molar-refractivity contribution in [3.63, 3.8) is 0 Å². The van der Waals surface area contributed by atoms with Crippen molar-refractivity contribution in [3.05, 3.63) is 24.4 Å². The van der Waals surface area contributed by atoms with Crippen LogP contribution in [0.2, 0.25) is 0 Å². The Kier molecular flexibility index (Phi) is 5.51. The Bertz CT molecular complexity index is 273. The van der Waals surface area contributed by atoms with Crippen LogP contribution in [0.3, 0.4) is 0 Å². The third kappa shape index (κ3) is 7.25. The standard InChI is InChI=1S/C16H31N/c1-12(2)17-11-13(3)14(16(7,8)9)10-15(4,5)6/h14,17H,1,3,10-11H2,2,4-9H3. The Balaban J connectivity index is 4.70. The predicted octanol–water partition coefficient (Wildman–Crippen LogP) is 4.76. The van der Waals surface area contributed by atoms with E-state index in [9.17, 15) is 0 Å². The van der Waals surface area contributed by atoms with E-state index in [2.05, 4.69) is 60.0 Å². The van der Waals surface area contributed by atoms with Crippen LogP contribution in [0.1, 0.15) is 54.9 Å². The summed E-state index contributed by atoms with van der Waals surface area (Å²) in [6, 6.07) is 0. The van der Waals surface area contributed by atoms with Crippen LogP contribution in [0.4, 0.5) is 0 Å². The molecule has 0 amide bonds. The van der Waals surface area contributed by atoms with E-state index in [-0.39, 0.29) is 5.41 Å². The Morgan fingerprint density at radius 2 is 1.53 bits per heavy atom. The van der Waals surface area contributed by atoms with E-state index >= 15 is 0 Å². The van der Waals surface area contributed by atoms with Crippen LogP contribution in [0.5, 0.6) is 0 Å². The molecule has 100 valence electrons. The van der Waals surface area contributed by atoms with Gasteiger partial charge in [-0.2, -0.15) is 0 Å². The highest BCUT2D eigenvalue weighted by atomic mass is 14.9. The van der Waals surface area contributed by atoms with Crippen LogP contribution in [-0.2, 0) is 0 Å². The molecule has 0 heterocycles. The summed E-state index contributed by atoms with van der Waals surface area (Å²) in [5.41, 5.74) is 2.90. The lowest BCUT2D eigenvalue weighted by Crippen LogP contribution is -2.30. The maximum absolute atomic E-state index is 4.27. The molecule has 0 aliphatic heterocycles. The van der Waals surface area contributed by atoms with Crippen LogP contribution in [-0.4, -0.2) is 6.54 Å². The minimum absolute atomic E-state index is 0.265. The van der Waals surface area contributed by atoms with Crippen molar-refractivity contribution in [1.29, 1.82) is 0 Å². The number of hydrogen-bond donors (Lipinski definition) is 1. The molecule has 0 aliphatic rings. The summed E-state index contributed by atoms with van der Waals surface area (Å²) in [4.78, 5) is 0. The molecular weight excluding hydrogens is 206 g/mol. The highest BCUT2D eigenvalue weighted by Gasteiger charge is 2.30. The Morgan fingerprint density at radius 3 is 1.82 bits per heavy atom. The zero-order chi connectivity index (χ0) is 13.9. The molecule has 0 saturated heterocycles. The molecule has 1 heteroatoms. The van der Waals surface area contributed by atoms with E-state index in [1.165, 1.54) is 12.0 Å². The molecule has 0 rings (SSSR count). The van der Waals surface area contributed by atoms with Gasteiger partial charge < -0.3 is 5.32 Å². The SMILES string of the molecule is C=C(C)NCC(=C)C(CC(C)(C)C)C(C)(C)C. The van der Waals surface area contributed by atoms with Crippen LogP contribution in [0, 0.1) is 16.7 Å². The molecule has 0 aromatic carbocycles. The molecule has 0 saturated carbocycles. The van der Waals surface area contributed by atoms with Gasteiger partial charge in [0.15, 0.2) is 0 Å². The Morgan fingerprint density at radius 1 is 1.06 bits per heavy atom. The third-order valence-electron chi connectivity index (χ3n) is 2.97. The minimum Gasteiger partial charge on any atom is -0.385 e. The van der Waals surface area contributed by atoms with Crippen molar-refractivity contribution >= 4 is 0 Å². The lowest BCUT2D eigenvalue weighted by atomic mass is 9.69. The Hall–Kier alpha value is -0.720. The van der Waals surface area contributed by atoms with Gasteiger partial charge in [0, 0.05) is 12.2 Å². The van der Waals surface area contributed by atoms with Gasteiger partial charge in [0.1, 0.15) is 0 Å². The average molecular weight is 237 g/mol. The molecule has 0 bridgehead atoms. The Labute approximate surface area is 108 Å². The van der Waals surface area contributed by atoms with Gasteiger partial charge >= 0.3 is 0 Å². The first-order valence-corrected chi connectivity index (χ1v) is 6.50. The fourth-order valence-electron chi connectivity index (χ4n) is 2.06. The summed E-state index contributed by atoms with van der Waals surface area (Å²) >= 11 is 0. The van der Waals surface area contributed by atoms with Crippen molar-refractivity contribution < 1.29 is 0 Å². The highest BCUT2D eigenvalue weighted by molar-refractivity contribution is 5.09. The van der Waals surface area contributed by atoms with Gasteiger partial charge in [-0.05, 0) is 30.1 Å². The highest BCUT2D eigenvalue weighted by Crippen LogP contribution is 2.39. The van der Waals surface area contributed by atoms with Crippen molar-refractivity contribution in [2.75, 3.05) is 6.54 Å². The van der Waals surface area contributed by atoms with Gasteiger partial charge in [-0.15, -0.1) is 0 Å². The normalized spacial score (nSPS) is 14.3. The number of rotatable bonds is 5. The first-order chi connectivity index (χ1) is 7.43. The molecule has 1 N–H and O–H groups in total. The van der Waals surface area contributed by atoms with Gasteiger partial charge in [-0.25, -0.2) is 0 Å². The summed E-state index contributed by atoms with van der Waals surface area (Å²) in [5.74, 6) is 0.536. The first kappa shape index (κ1) is 16.3. The van der Waals surface area contributed by atoms with E-state index < -0.39 is 0 Å². The van der Waals surface area contributed by atoms with E-state index in [0.717, 1.165) is 12.2 Å². The van der Waals surface area contributed by atoms with Crippen molar-refractivity contribution in [2.45, 2.75) is 54.9 Å². The average Bonchev–Trinajstić information content (AvgIpc) is 2.07. The van der Waals surface area contributed by atoms with E-state index in [1.54, 1.807) is 0 Å². The van der Waals surface area contributed by atoms with E-state index in [0.29, 0.717) is 11.3 Å². The molecule has 1 unspecified atom stereocenters. The molecular formula is C16H31N. The maximum atomic E-state index is 4.27. The zero-order valence-corrected chi connectivity index (χ0v) is 12.9. The fourth-order valence-corrected chi connectivity index (χ4v) is 2.06. The monoisotopic (exact) mass is 237 g/mol. The van der Waals surface area contributed by atoms with Gasteiger partial charge in [0.2, 0.25) is 0 Å². The summed E-state index contributed by atoms with van der Waals surface area (Å²) < 4.78 is 0. The summed E-state index contributed by atoms with van der Waals surface area (Å²) in [6.07, 6.45) is 1.17. The second kappa shape index (κ2) is 5.75. The third-order valence-corrected chi connectivity index (χ3v) is 2.97. The van der Waals surface area contributed by atoms with E-state index in [4.69, 9.17) is 0 Å². The number of nitrogens with one attached hydrogen (secondary N) is 1. The molecule has 0 spiro atoms. The topological polar surface area (TPSA) is 12.0 Å². The second-order valence-electron chi connectivity index (χ2n) is 7.48. The second-order valence-corrected chi connectivity index (χ2v) is 7.48. The smallest absolute Gasteiger partial charge is 0.0357 e. The number of allylic oxidation sites excluding steroid dienone is 1. The summed E-state index contributed by atoms with van der Waals surface area (Å²) in [6.45, 7) is 24.8. The summed E-state index contributed by atoms with van der Waals surface area (Å²) in [7, 11) is 0. The van der Waals surface area contributed by atoms with Crippen molar-refractivity contribution in [1.82, 2.24) is 5.32 Å². The van der Waals surface area contributed by atoms with E-state index in [1.807, 2.05) is 6.92 Å². The minimum atomic E-state index is 0.265. The molecule has 1 nitrogen and oxygen atoms in total. The maximum Gasteiger partial charge on any atom is 0.0357 e. The molecule has 1 atom stereocenters. The predicted molar refractivity (Wildman–Crippen MR) is 79.0 cm³/mol. The van der Waals surface area contributed by atoms with Crippen LogP contribution < -0.4 is 5.32 Å². The van der Waals surface area contributed by atoms with Crippen LogP contribution in [0.15, 0.2) is 24.4 Å².